The molecule has 0 fully saturated rings. The first kappa shape index (κ1) is 17.0. The monoisotopic (exact) mass is 318 g/mol. The lowest BCUT2D eigenvalue weighted by Gasteiger charge is -2.17. The predicted molar refractivity (Wildman–Crippen MR) is 89.8 cm³/mol. The number of benzene rings is 1. The molecular formula is C14H23O2PS2. The standard InChI is InChI=1S/C14H23O2PS2/c1-3-5-8-12-9-7-11-14(16-17(15,18)19)13(12)10-6-4-2/h7,9,11H,3-6,8,10H2,1-2H3,(H2,15,18,19). The van der Waals surface area contributed by atoms with E-state index in [0.717, 1.165) is 32.1 Å². The molecule has 0 saturated carbocycles. The Labute approximate surface area is 126 Å². The van der Waals surface area contributed by atoms with Crippen LogP contribution in [-0.2, 0) is 24.6 Å². The number of hydrogen-bond acceptors (Lipinski definition) is 2. The Bertz CT molecular complexity index is 443. The Morgan fingerprint density at radius 3 is 2.42 bits per heavy atom. The number of thiol groups is 1. The number of aryl methyl sites for hydroxylation is 1. The van der Waals surface area contributed by atoms with E-state index in [1.807, 2.05) is 12.1 Å². The zero-order valence-electron chi connectivity index (χ0n) is 11.6. The van der Waals surface area contributed by atoms with Crippen LogP contribution in [0.1, 0.15) is 50.7 Å². The number of hydrogen-bond donors (Lipinski definition) is 2. The summed E-state index contributed by atoms with van der Waals surface area (Å²) in [5.41, 5.74) is -0.465. The van der Waals surface area contributed by atoms with Crippen molar-refractivity contribution >= 4 is 29.7 Å². The first-order valence-electron chi connectivity index (χ1n) is 6.83. The van der Waals surface area contributed by atoms with Gasteiger partial charge in [0, 0.05) is 0 Å². The SMILES string of the molecule is CCCCc1cccc(OP(O)(=S)S)c1CCCC. The molecule has 19 heavy (non-hydrogen) atoms. The quantitative estimate of drug-likeness (QED) is 0.528. The van der Waals surface area contributed by atoms with Crippen molar-refractivity contribution in [1.82, 2.24) is 0 Å². The maximum absolute atomic E-state index is 9.66. The molecule has 1 rings (SSSR count). The minimum Gasteiger partial charge on any atom is -0.436 e. The van der Waals surface area contributed by atoms with Gasteiger partial charge in [-0.3, -0.25) is 0 Å². The Balaban J connectivity index is 3.02. The lowest BCUT2D eigenvalue weighted by molar-refractivity contribution is 0.499. The Hall–Kier alpha value is -0.0200. The van der Waals surface area contributed by atoms with Crippen molar-refractivity contribution in [3.63, 3.8) is 0 Å². The van der Waals surface area contributed by atoms with Gasteiger partial charge in [0.2, 0.25) is 0 Å². The summed E-state index contributed by atoms with van der Waals surface area (Å²) in [6, 6.07) is 6.00. The zero-order chi connectivity index (χ0) is 14.3. The molecule has 0 spiro atoms. The molecule has 0 saturated heterocycles. The summed E-state index contributed by atoms with van der Waals surface area (Å²) in [6.45, 7) is 4.36. The van der Waals surface area contributed by atoms with E-state index in [2.05, 4.69) is 32.2 Å². The molecule has 0 aliphatic rings. The smallest absolute Gasteiger partial charge is 0.291 e. The van der Waals surface area contributed by atoms with E-state index in [9.17, 15) is 4.89 Å². The molecule has 0 heterocycles. The van der Waals surface area contributed by atoms with Crippen LogP contribution in [0.15, 0.2) is 18.2 Å². The fourth-order valence-electron chi connectivity index (χ4n) is 2.06. The molecule has 0 aromatic heterocycles. The molecule has 1 N–H and O–H groups in total. The van der Waals surface area contributed by atoms with Crippen molar-refractivity contribution in [2.24, 2.45) is 0 Å². The van der Waals surface area contributed by atoms with E-state index >= 15 is 0 Å². The summed E-state index contributed by atoms with van der Waals surface area (Å²) in [7, 11) is 0. The second kappa shape index (κ2) is 8.31. The summed E-state index contributed by atoms with van der Waals surface area (Å²) in [6.07, 6.45) is 6.60. The van der Waals surface area contributed by atoms with Crippen LogP contribution in [0.5, 0.6) is 5.75 Å². The predicted octanol–water partition coefficient (Wildman–Crippen LogP) is 4.90. The molecule has 0 radical (unpaired) electrons. The van der Waals surface area contributed by atoms with Crippen LogP contribution in [-0.4, -0.2) is 4.89 Å². The van der Waals surface area contributed by atoms with Gasteiger partial charge in [-0.25, -0.2) is 0 Å². The van der Waals surface area contributed by atoms with Gasteiger partial charge < -0.3 is 9.42 Å². The topological polar surface area (TPSA) is 29.5 Å². The molecule has 1 aromatic rings. The molecule has 1 unspecified atom stereocenters. The summed E-state index contributed by atoms with van der Waals surface area (Å²) >= 11 is 8.85. The second-order valence-corrected chi connectivity index (χ2v) is 9.77. The lowest BCUT2D eigenvalue weighted by Crippen LogP contribution is -1.99. The van der Waals surface area contributed by atoms with Gasteiger partial charge in [0.05, 0.1) is 0 Å². The largest absolute Gasteiger partial charge is 0.436 e. The van der Waals surface area contributed by atoms with Crippen LogP contribution < -0.4 is 4.52 Å². The van der Waals surface area contributed by atoms with E-state index in [0.29, 0.717) is 5.75 Å². The highest BCUT2D eigenvalue weighted by Gasteiger charge is 2.14. The Kier molecular flexibility index (Phi) is 7.45. The maximum atomic E-state index is 9.66. The average Bonchev–Trinajstić information content (AvgIpc) is 2.33. The summed E-state index contributed by atoms with van der Waals surface area (Å²) in [4.78, 5) is 9.66. The van der Waals surface area contributed by atoms with Gasteiger partial charge in [-0.05, 0) is 54.7 Å². The van der Waals surface area contributed by atoms with Crippen LogP contribution >= 0.6 is 17.9 Å². The molecule has 0 aliphatic carbocycles. The normalized spacial score (nSPS) is 14.1. The van der Waals surface area contributed by atoms with Crippen molar-refractivity contribution in [2.75, 3.05) is 0 Å². The van der Waals surface area contributed by atoms with E-state index in [1.165, 1.54) is 17.5 Å². The minimum atomic E-state index is -2.96. The molecule has 0 bridgehead atoms. The van der Waals surface area contributed by atoms with Gasteiger partial charge in [0.25, 0.3) is 5.69 Å². The van der Waals surface area contributed by atoms with Crippen LogP contribution in [0.4, 0.5) is 0 Å². The van der Waals surface area contributed by atoms with Crippen LogP contribution in [0.2, 0.25) is 0 Å². The molecule has 0 aliphatic heterocycles. The van der Waals surface area contributed by atoms with Crippen molar-refractivity contribution < 1.29 is 9.42 Å². The first-order valence-corrected chi connectivity index (χ1v) is 10.7. The van der Waals surface area contributed by atoms with Crippen LogP contribution in [0, 0.1) is 0 Å². The van der Waals surface area contributed by atoms with E-state index in [1.54, 1.807) is 0 Å². The van der Waals surface area contributed by atoms with Crippen molar-refractivity contribution in [1.29, 1.82) is 0 Å². The minimum absolute atomic E-state index is 0.711. The fraction of sp³-hybridized carbons (Fsp3) is 0.571. The third kappa shape index (κ3) is 6.31. The van der Waals surface area contributed by atoms with Crippen LogP contribution in [0.25, 0.3) is 0 Å². The molecular weight excluding hydrogens is 295 g/mol. The highest BCUT2D eigenvalue weighted by Crippen LogP contribution is 2.48. The molecule has 2 nitrogen and oxygen atoms in total. The Morgan fingerprint density at radius 2 is 1.84 bits per heavy atom. The molecule has 5 heteroatoms. The summed E-state index contributed by atoms with van der Waals surface area (Å²) in [5, 5.41) is 0. The fourth-order valence-corrected chi connectivity index (χ4v) is 3.00. The molecule has 1 atom stereocenters. The number of unbranched alkanes of at least 4 members (excludes halogenated alkanes) is 2. The third-order valence-electron chi connectivity index (χ3n) is 3.03. The molecule has 108 valence electrons. The number of rotatable bonds is 8. The Morgan fingerprint density at radius 1 is 1.21 bits per heavy atom. The van der Waals surface area contributed by atoms with E-state index in [-0.39, 0.29) is 0 Å². The van der Waals surface area contributed by atoms with E-state index < -0.39 is 5.69 Å². The summed E-state index contributed by atoms with van der Waals surface area (Å²) < 4.78 is 5.50. The van der Waals surface area contributed by atoms with Crippen molar-refractivity contribution in [3.05, 3.63) is 29.3 Å². The van der Waals surface area contributed by atoms with Crippen LogP contribution in [0.3, 0.4) is 0 Å². The van der Waals surface area contributed by atoms with Gasteiger partial charge in [-0.1, -0.05) is 51.1 Å². The van der Waals surface area contributed by atoms with Crippen molar-refractivity contribution in [2.45, 2.75) is 52.4 Å². The molecule has 1 aromatic carbocycles. The summed E-state index contributed by atoms with van der Waals surface area (Å²) in [5.74, 6) is 0.711. The highest BCUT2D eigenvalue weighted by molar-refractivity contribution is 8.59. The van der Waals surface area contributed by atoms with Gasteiger partial charge >= 0.3 is 0 Å². The second-order valence-electron chi connectivity index (χ2n) is 4.68. The van der Waals surface area contributed by atoms with Gasteiger partial charge in [-0.15, -0.1) is 0 Å². The van der Waals surface area contributed by atoms with Gasteiger partial charge in [-0.2, -0.15) is 0 Å². The van der Waals surface area contributed by atoms with E-state index in [4.69, 9.17) is 16.3 Å². The first-order chi connectivity index (χ1) is 8.98. The maximum Gasteiger partial charge on any atom is 0.291 e. The van der Waals surface area contributed by atoms with Gasteiger partial charge in [0.15, 0.2) is 0 Å². The zero-order valence-corrected chi connectivity index (χ0v) is 14.2. The lowest BCUT2D eigenvalue weighted by atomic mass is 9.97. The molecule has 0 amide bonds. The van der Waals surface area contributed by atoms with Gasteiger partial charge in [0.1, 0.15) is 5.75 Å². The third-order valence-corrected chi connectivity index (χ3v) is 3.93. The average molecular weight is 318 g/mol. The highest BCUT2D eigenvalue weighted by atomic mass is 32.9. The van der Waals surface area contributed by atoms with Crippen molar-refractivity contribution in [3.8, 4) is 5.75 Å².